The number of anilines is 1. The molecule has 0 bridgehead atoms. The van der Waals surface area contributed by atoms with Gasteiger partial charge in [-0.25, -0.2) is 9.98 Å². The van der Waals surface area contributed by atoms with Gasteiger partial charge >= 0.3 is 0 Å². The second-order valence-electron chi connectivity index (χ2n) is 7.99. The van der Waals surface area contributed by atoms with E-state index >= 15 is 0 Å². The standard InChI is InChI=1S/C23H30N8O/c1-16-28-29-22(31(16)4)15-25-23(24-14-17-8-7-11-21(26-17)30(2)3)27-19-12-13-32-20-10-6-5-9-18(19)20/h5-11,19H,12-15H2,1-4H3,(H2,24,25,27). The molecule has 9 heteroatoms. The van der Waals surface area contributed by atoms with Crippen LogP contribution in [-0.4, -0.2) is 46.4 Å². The third-order valence-corrected chi connectivity index (χ3v) is 5.52. The van der Waals surface area contributed by atoms with E-state index in [2.05, 4.69) is 31.9 Å². The van der Waals surface area contributed by atoms with Crippen molar-refractivity contribution in [3.63, 3.8) is 0 Å². The average molecular weight is 435 g/mol. The maximum atomic E-state index is 5.81. The van der Waals surface area contributed by atoms with E-state index < -0.39 is 0 Å². The highest BCUT2D eigenvalue weighted by molar-refractivity contribution is 5.80. The van der Waals surface area contributed by atoms with E-state index in [1.807, 2.05) is 73.9 Å². The molecule has 0 radical (unpaired) electrons. The van der Waals surface area contributed by atoms with Crippen LogP contribution in [0.15, 0.2) is 47.5 Å². The summed E-state index contributed by atoms with van der Waals surface area (Å²) in [5.74, 6) is 4.24. The van der Waals surface area contributed by atoms with Gasteiger partial charge in [-0.1, -0.05) is 24.3 Å². The van der Waals surface area contributed by atoms with Gasteiger partial charge in [0.15, 0.2) is 11.8 Å². The Balaban J connectivity index is 1.54. The predicted molar refractivity (Wildman–Crippen MR) is 125 cm³/mol. The van der Waals surface area contributed by atoms with Gasteiger partial charge in [-0.3, -0.25) is 0 Å². The zero-order chi connectivity index (χ0) is 22.5. The van der Waals surface area contributed by atoms with E-state index in [9.17, 15) is 0 Å². The molecule has 168 valence electrons. The highest BCUT2D eigenvalue weighted by Crippen LogP contribution is 2.31. The van der Waals surface area contributed by atoms with Gasteiger partial charge in [-0.2, -0.15) is 0 Å². The molecule has 1 aliphatic rings. The maximum absolute atomic E-state index is 5.81. The fraction of sp³-hybridized carbons (Fsp3) is 0.391. The summed E-state index contributed by atoms with van der Waals surface area (Å²) < 4.78 is 7.78. The van der Waals surface area contributed by atoms with Crippen LogP contribution in [0.5, 0.6) is 5.75 Å². The number of aliphatic imine (C=N–C) groups is 1. The number of nitrogens with zero attached hydrogens (tertiary/aromatic N) is 6. The molecule has 1 aliphatic heterocycles. The van der Waals surface area contributed by atoms with Crippen LogP contribution >= 0.6 is 0 Å². The van der Waals surface area contributed by atoms with Crippen molar-refractivity contribution in [2.24, 2.45) is 12.0 Å². The summed E-state index contributed by atoms with van der Waals surface area (Å²) in [6, 6.07) is 14.2. The summed E-state index contributed by atoms with van der Waals surface area (Å²) in [6.45, 7) is 3.57. The van der Waals surface area contributed by atoms with Crippen molar-refractivity contribution in [1.82, 2.24) is 30.4 Å². The molecule has 3 aromatic rings. The normalized spacial score (nSPS) is 15.6. The fourth-order valence-electron chi connectivity index (χ4n) is 3.54. The number of rotatable bonds is 6. The first kappa shape index (κ1) is 21.6. The van der Waals surface area contributed by atoms with Crippen molar-refractivity contribution in [2.75, 3.05) is 25.6 Å². The van der Waals surface area contributed by atoms with Gasteiger partial charge in [0, 0.05) is 33.1 Å². The number of para-hydroxylation sites is 1. The Morgan fingerprint density at radius 2 is 2.03 bits per heavy atom. The van der Waals surface area contributed by atoms with Crippen molar-refractivity contribution >= 4 is 11.8 Å². The number of benzene rings is 1. The van der Waals surface area contributed by atoms with Crippen molar-refractivity contribution in [1.29, 1.82) is 0 Å². The second kappa shape index (κ2) is 9.67. The number of pyridine rings is 1. The molecule has 0 saturated carbocycles. The number of fused-ring (bicyclic) bond motifs is 1. The van der Waals surface area contributed by atoms with E-state index in [0.29, 0.717) is 25.7 Å². The summed E-state index contributed by atoms with van der Waals surface area (Å²) in [5.41, 5.74) is 2.04. The molecule has 3 heterocycles. The SMILES string of the molecule is Cc1nnc(CNC(=NCc2cccc(N(C)C)n2)NC2CCOc3ccccc32)n1C. The number of aryl methyl sites for hydroxylation is 1. The zero-order valence-electron chi connectivity index (χ0n) is 19.0. The van der Waals surface area contributed by atoms with E-state index in [1.165, 1.54) is 0 Å². The Morgan fingerprint density at radius 3 is 2.81 bits per heavy atom. The molecule has 9 nitrogen and oxygen atoms in total. The molecule has 0 aliphatic carbocycles. The van der Waals surface area contributed by atoms with Crippen LogP contribution in [0, 0.1) is 6.92 Å². The Hall–Kier alpha value is -3.62. The molecule has 32 heavy (non-hydrogen) atoms. The number of guanidine groups is 1. The monoisotopic (exact) mass is 434 g/mol. The molecular formula is C23H30N8O. The quantitative estimate of drug-likeness (QED) is 0.454. The molecule has 1 atom stereocenters. The molecular weight excluding hydrogens is 404 g/mol. The molecule has 0 saturated heterocycles. The first-order chi connectivity index (χ1) is 15.5. The van der Waals surface area contributed by atoms with Crippen LogP contribution in [0.25, 0.3) is 0 Å². The van der Waals surface area contributed by atoms with Crippen molar-refractivity contribution in [3.05, 3.63) is 65.4 Å². The lowest BCUT2D eigenvalue weighted by Crippen LogP contribution is -2.41. The van der Waals surface area contributed by atoms with Gasteiger partial charge in [-0.05, 0) is 25.1 Å². The van der Waals surface area contributed by atoms with E-state index in [1.54, 1.807) is 0 Å². The molecule has 1 aromatic carbocycles. The zero-order valence-corrected chi connectivity index (χ0v) is 19.0. The van der Waals surface area contributed by atoms with Gasteiger partial charge in [-0.15, -0.1) is 10.2 Å². The largest absolute Gasteiger partial charge is 0.493 e. The third-order valence-electron chi connectivity index (χ3n) is 5.52. The highest BCUT2D eigenvalue weighted by atomic mass is 16.5. The summed E-state index contributed by atoms with van der Waals surface area (Å²) in [6.07, 6.45) is 0.856. The molecule has 2 aromatic heterocycles. The van der Waals surface area contributed by atoms with Crippen molar-refractivity contribution in [2.45, 2.75) is 32.5 Å². The van der Waals surface area contributed by atoms with Crippen LogP contribution < -0.4 is 20.3 Å². The number of hydrogen-bond acceptors (Lipinski definition) is 6. The second-order valence-corrected chi connectivity index (χ2v) is 7.99. The molecule has 0 spiro atoms. The van der Waals surface area contributed by atoms with Crippen molar-refractivity contribution < 1.29 is 4.74 Å². The number of aromatic nitrogens is 4. The van der Waals surface area contributed by atoms with E-state index in [0.717, 1.165) is 40.9 Å². The van der Waals surface area contributed by atoms with Gasteiger partial charge < -0.3 is 24.8 Å². The van der Waals surface area contributed by atoms with E-state index in [4.69, 9.17) is 9.73 Å². The fourth-order valence-corrected chi connectivity index (χ4v) is 3.54. The molecule has 1 unspecified atom stereocenters. The lowest BCUT2D eigenvalue weighted by Gasteiger charge is -2.28. The van der Waals surface area contributed by atoms with Gasteiger partial charge in [0.05, 0.1) is 31.4 Å². The minimum absolute atomic E-state index is 0.105. The van der Waals surface area contributed by atoms with Gasteiger partial charge in [0.1, 0.15) is 17.4 Å². The number of nitrogens with one attached hydrogen (secondary N) is 2. The first-order valence-corrected chi connectivity index (χ1v) is 10.8. The minimum atomic E-state index is 0.105. The summed E-state index contributed by atoms with van der Waals surface area (Å²) in [4.78, 5) is 11.5. The smallest absolute Gasteiger partial charge is 0.192 e. The molecule has 2 N–H and O–H groups in total. The van der Waals surface area contributed by atoms with Crippen LogP contribution in [0.3, 0.4) is 0 Å². The Labute approximate surface area is 188 Å². The van der Waals surface area contributed by atoms with Crippen LogP contribution in [0.2, 0.25) is 0 Å². The first-order valence-electron chi connectivity index (χ1n) is 10.8. The topological polar surface area (TPSA) is 92.5 Å². The van der Waals surface area contributed by atoms with Crippen LogP contribution in [0.4, 0.5) is 5.82 Å². The number of hydrogen-bond donors (Lipinski definition) is 2. The maximum Gasteiger partial charge on any atom is 0.192 e. The van der Waals surface area contributed by atoms with Crippen LogP contribution in [0.1, 0.15) is 35.4 Å². The van der Waals surface area contributed by atoms with Gasteiger partial charge in [0.25, 0.3) is 0 Å². The highest BCUT2D eigenvalue weighted by Gasteiger charge is 2.22. The summed E-state index contributed by atoms with van der Waals surface area (Å²) >= 11 is 0. The Kier molecular flexibility index (Phi) is 6.53. The minimum Gasteiger partial charge on any atom is -0.493 e. The lowest BCUT2D eigenvalue weighted by molar-refractivity contribution is 0.261. The van der Waals surface area contributed by atoms with E-state index in [-0.39, 0.29) is 6.04 Å². The molecule has 0 amide bonds. The van der Waals surface area contributed by atoms with Gasteiger partial charge in [0.2, 0.25) is 0 Å². The van der Waals surface area contributed by atoms with Crippen molar-refractivity contribution in [3.8, 4) is 5.75 Å². The Morgan fingerprint density at radius 1 is 1.19 bits per heavy atom. The predicted octanol–water partition coefficient (Wildman–Crippen LogP) is 2.34. The average Bonchev–Trinajstić information content (AvgIpc) is 3.13. The molecule has 4 rings (SSSR count). The Bertz CT molecular complexity index is 1090. The third kappa shape index (κ3) is 4.99. The number of ether oxygens (including phenoxy) is 1. The van der Waals surface area contributed by atoms with Crippen LogP contribution in [-0.2, 0) is 20.1 Å². The lowest BCUT2D eigenvalue weighted by atomic mass is 10.0. The summed E-state index contributed by atoms with van der Waals surface area (Å²) in [5, 5.41) is 15.4. The summed E-state index contributed by atoms with van der Waals surface area (Å²) in [7, 11) is 5.92. The molecule has 0 fully saturated rings.